The average Bonchev–Trinajstić information content (AvgIpc) is 2.27. The molecule has 16 heavy (non-hydrogen) atoms. The van der Waals surface area contributed by atoms with Gasteiger partial charge in [0.2, 0.25) is 0 Å². The fraction of sp³-hybridized carbons (Fsp3) is 0.273. The van der Waals surface area contributed by atoms with E-state index in [9.17, 15) is 9.59 Å². The number of benzene rings is 1. The number of urea groups is 1. The third-order valence-corrected chi connectivity index (χ3v) is 2.04. The Morgan fingerprint density at radius 2 is 1.94 bits per heavy atom. The van der Waals surface area contributed by atoms with Crippen LogP contribution in [0.3, 0.4) is 0 Å². The van der Waals surface area contributed by atoms with Crippen LogP contribution in [0.2, 0.25) is 0 Å². The first-order valence-electron chi connectivity index (χ1n) is 4.99. The molecule has 0 bridgehead atoms. The second-order valence-electron chi connectivity index (χ2n) is 3.26. The summed E-state index contributed by atoms with van der Waals surface area (Å²) in [6, 6.07) is 7.47. The van der Waals surface area contributed by atoms with Crippen LogP contribution < -0.4 is 10.6 Å². The van der Waals surface area contributed by atoms with Gasteiger partial charge in [-0.05, 0) is 18.6 Å². The van der Waals surface area contributed by atoms with Crippen LogP contribution in [-0.2, 0) is 4.79 Å². The molecule has 86 valence electrons. The summed E-state index contributed by atoms with van der Waals surface area (Å²) in [7, 11) is 0. The fourth-order valence-electron chi connectivity index (χ4n) is 1.19. The predicted octanol–water partition coefficient (Wildman–Crippen LogP) is 1.67. The maximum atomic E-state index is 11.4. The van der Waals surface area contributed by atoms with Gasteiger partial charge in [-0.2, -0.15) is 0 Å². The lowest BCUT2D eigenvalue weighted by molar-refractivity contribution is -0.139. The number of carboxylic acid groups (broad SMARTS) is 1. The Kier molecular flexibility index (Phi) is 4.32. The number of nitrogens with one attached hydrogen (secondary N) is 2. The summed E-state index contributed by atoms with van der Waals surface area (Å²) in [6.07, 6.45) is 0.345. The normalized spacial score (nSPS) is 11.6. The number of hydrogen-bond donors (Lipinski definition) is 3. The molecule has 2 amide bonds. The Bertz CT molecular complexity index is 365. The van der Waals surface area contributed by atoms with Gasteiger partial charge in [0.25, 0.3) is 0 Å². The molecule has 0 aromatic heterocycles. The molecule has 1 aromatic carbocycles. The van der Waals surface area contributed by atoms with Crippen LogP contribution in [0.15, 0.2) is 30.3 Å². The minimum atomic E-state index is -1.04. The Labute approximate surface area is 93.5 Å². The van der Waals surface area contributed by atoms with Gasteiger partial charge in [-0.25, -0.2) is 9.59 Å². The highest BCUT2D eigenvalue weighted by Crippen LogP contribution is 2.04. The number of hydrogen-bond acceptors (Lipinski definition) is 2. The molecule has 1 rings (SSSR count). The van der Waals surface area contributed by atoms with Crippen LogP contribution in [0.25, 0.3) is 0 Å². The van der Waals surface area contributed by atoms with Gasteiger partial charge in [0, 0.05) is 5.69 Å². The van der Waals surface area contributed by atoms with Crippen LogP contribution in [0, 0.1) is 0 Å². The molecule has 0 aliphatic carbocycles. The van der Waals surface area contributed by atoms with Crippen molar-refractivity contribution in [2.24, 2.45) is 0 Å². The maximum absolute atomic E-state index is 11.4. The number of carbonyl (C=O) groups is 2. The average molecular weight is 222 g/mol. The Balaban J connectivity index is 2.50. The molecule has 0 fully saturated rings. The van der Waals surface area contributed by atoms with E-state index >= 15 is 0 Å². The highest BCUT2D eigenvalue weighted by molar-refractivity contribution is 5.92. The predicted molar refractivity (Wildman–Crippen MR) is 60.3 cm³/mol. The lowest BCUT2D eigenvalue weighted by atomic mass is 10.2. The van der Waals surface area contributed by atoms with E-state index in [2.05, 4.69) is 10.6 Å². The number of carbonyl (C=O) groups excluding carboxylic acids is 1. The smallest absolute Gasteiger partial charge is 0.326 e. The van der Waals surface area contributed by atoms with Crippen molar-refractivity contribution in [3.05, 3.63) is 30.3 Å². The molecule has 5 heteroatoms. The first kappa shape index (κ1) is 12.0. The molecule has 1 atom stereocenters. The number of carboxylic acids is 1. The second-order valence-corrected chi connectivity index (χ2v) is 3.26. The largest absolute Gasteiger partial charge is 0.480 e. The van der Waals surface area contributed by atoms with Crippen LogP contribution in [0.1, 0.15) is 13.3 Å². The van der Waals surface area contributed by atoms with Crippen molar-refractivity contribution in [1.82, 2.24) is 5.32 Å². The lowest BCUT2D eigenvalue weighted by Gasteiger charge is -2.12. The van der Waals surface area contributed by atoms with Gasteiger partial charge in [-0.15, -0.1) is 0 Å². The van der Waals surface area contributed by atoms with E-state index in [0.29, 0.717) is 12.1 Å². The van der Waals surface area contributed by atoms with Crippen molar-refractivity contribution >= 4 is 17.7 Å². The van der Waals surface area contributed by atoms with E-state index < -0.39 is 18.0 Å². The number of para-hydroxylation sites is 1. The Hall–Kier alpha value is -2.04. The van der Waals surface area contributed by atoms with Gasteiger partial charge in [0.05, 0.1) is 0 Å². The molecule has 0 spiro atoms. The molecule has 3 N–H and O–H groups in total. The van der Waals surface area contributed by atoms with Gasteiger partial charge in [0.15, 0.2) is 0 Å². The summed E-state index contributed by atoms with van der Waals surface area (Å²) >= 11 is 0. The molecule has 1 unspecified atom stereocenters. The zero-order valence-corrected chi connectivity index (χ0v) is 8.93. The lowest BCUT2D eigenvalue weighted by Crippen LogP contribution is -2.42. The third-order valence-electron chi connectivity index (χ3n) is 2.04. The van der Waals surface area contributed by atoms with Crippen molar-refractivity contribution in [3.63, 3.8) is 0 Å². The SMILES string of the molecule is CCC(NC(=O)Nc1ccccc1)C(=O)O. The zero-order chi connectivity index (χ0) is 12.0. The monoisotopic (exact) mass is 222 g/mol. The van der Waals surface area contributed by atoms with Gasteiger partial charge in [-0.3, -0.25) is 0 Å². The van der Waals surface area contributed by atoms with Crippen LogP contribution in [0.5, 0.6) is 0 Å². The second kappa shape index (κ2) is 5.75. The van der Waals surface area contributed by atoms with E-state index in [-0.39, 0.29) is 0 Å². The van der Waals surface area contributed by atoms with E-state index in [1.807, 2.05) is 6.07 Å². The van der Waals surface area contributed by atoms with Crippen molar-refractivity contribution in [2.45, 2.75) is 19.4 Å². The summed E-state index contributed by atoms with van der Waals surface area (Å²) in [6.45, 7) is 1.70. The van der Waals surface area contributed by atoms with Gasteiger partial charge < -0.3 is 15.7 Å². The van der Waals surface area contributed by atoms with E-state index in [1.165, 1.54) is 0 Å². The van der Waals surface area contributed by atoms with Gasteiger partial charge >= 0.3 is 12.0 Å². The number of anilines is 1. The number of rotatable bonds is 4. The summed E-state index contributed by atoms with van der Waals surface area (Å²) in [4.78, 5) is 22.1. The number of aliphatic carboxylic acids is 1. The van der Waals surface area contributed by atoms with Gasteiger partial charge in [0.1, 0.15) is 6.04 Å². The molecular formula is C11H14N2O3. The first-order chi connectivity index (χ1) is 7.63. The Morgan fingerprint density at radius 1 is 1.31 bits per heavy atom. The van der Waals surface area contributed by atoms with Crippen LogP contribution >= 0.6 is 0 Å². The van der Waals surface area contributed by atoms with E-state index in [1.54, 1.807) is 31.2 Å². The molecular weight excluding hydrogens is 208 g/mol. The summed E-state index contributed by atoms with van der Waals surface area (Å²) in [5.41, 5.74) is 0.625. The number of amides is 2. The molecule has 0 heterocycles. The molecule has 0 aliphatic rings. The highest BCUT2D eigenvalue weighted by atomic mass is 16.4. The molecule has 0 saturated carbocycles. The summed E-state index contributed by atoms with van der Waals surface area (Å²) < 4.78 is 0. The zero-order valence-electron chi connectivity index (χ0n) is 8.93. The Morgan fingerprint density at radius 3 is 2.44 bits per heavy atom. The highest BCUT2D eigenvalue weighted by Gasteiger charge is 2.17. The van der Waals surface area contributed by atoms with Crippen molar-refractivity contribution in [2.75, 3.05) is 5.32 Å². The standard InChI is InChI=1S/C11H14N2O3/c1-2-9(10(14)15)13-11(16)12-8-6-4-3-5-7-8/h3-7,9H,2H2,1H3,(H,14,15)(H2,12,13,16). The van der Waals surface area contributed by atoms with E-state index in [0.717, 1.165) is 0 Å². The van der Waals surface area contributed by atoms with E-state index in [4.69, 9.17) is 5.11 Å². The minimum Gasteiger partial charge on any atom is -0.480 e. The summed E-state index contributed by atoms with van der Waals surface area (Å²) in [5, 5.41) is 13.7. The maximum Gasteiger partial charge on any atom is 0.326 e. The molecule has 0 radical (unpaired) electrons. The van der Waals surface area contributed by atoms with Crippen molar-refractivity contribution in [3.8, 4) is 0 Å². The van der Waals surface area contributed by atoms with Crippen LogP contribution in [-0.4, -0.2) is 23.1 Å². The first-order valence-corrected chi connectivity index (χ1v) is 4.99. The fourth-order valence-corrected chi connectivity index (χ4v) is 1.19. The topological polar surface area (TPSA) is 78.4 Å². The van der Waals surface area contributed by atoms with Gasteiger partial charge in [-0.1, -0.05) is 25.1 Å². The third kappa shape index (κ3) is 3.61. The van der Waals surface area contributed by atoms with Crippen molar-refractivity contribution < 1.29 is 14.7 Å². The molecule has 5 nitrogen and oxygen atoms in total. The molecule has 1 aromatic rings. The molecule has 0 aliphatic heterocycles. The van der Waals surface area contributed by atoms with Crippen molar-refractivity contribution in [1.29, 1.82) is 0 Å². The molecule has 0 saturated heterocycles. The minimum absolute atomic E-state index is 0.345. The van der Waals surface area contributed by atoms with Crippen LogP contribution in [0.4, 0.5) is 10.5 Å². The summed E-state index contributed by atoms with van der Waals surface area (Å²) in [5.74, 6) is -1.04. The quantitative estimate of drug-likeness (QED) is 0.725.